The van der Waals surface area contributed by atoms with Gasteiger partial charge in [-0.1, -0.05) is 0 Å². The number of amides is 1. The molecule has 0 saturated carbocycles. The zero-order chi connectivity index (χ0) is 12.8. The highest BCUT2D eigenvalue weighted by molar-refractivity contribution is 5.85. The molecule has 2 N–H and O–H groups in total. The molecule has 20 heavy (non-hydrogen) atoms. The molecule has 0 aromatic heterocycles. The van der Waals surface area contributed by atoms with Crippen LogP contribution < -0.4 is 10.6 Å². The third-order valence-corrected chi connectivity index (χ3v) is 3.92. The molecule has 1 amide bonds. The van der Waals surface area contributed by atoms with Crippen LogP contribution in [0.25, 0.3) is 0 Å². The first kappa shape index (κ1) is 19.9. The second kappa shape index (κ2) is 10.6. The second-order valence-electron chi connectivity index (χ2n) is 5.27. The van der Waals surface area contributed by atoms with Gasteiger partial charge in [-0.3, -0.25) is 4.79 Å². The van der Waals surface area contributed by atoms with Crippen LogP contribution in [0.3, 0.4) is 0 Å². The van der Waals surface area contributed by atoms with Crippen LogP contribution in [-0.4, -0.2) is 62.8 Å². The molecule has 1 atom stereocenters. The minimum atomic E-state index is 0. The van der Waals surface area contributed by atoms with E-state index in [0.29, 0.717) is 6.04 Å². The summed E-state index contributed by atoms with van der Waals surface area (Å²) in [6.07, 6.45) is 4.22. The number of rotatable bonds is 5. The maximum absolute atomic E-state index is 12.0. The smallest absolute Gasteiger partial charge is 0.237 e. The topological polar surface area (TPSA) is 53.6 Å². The van der Waals surface area contributed by atoms with Crippen molar-refractivity contribution in [3.8, 4) is 0 Å². The molecule has 2 aliphatic rings. The summed E-state index contributed by atoms with van der Waals surface area (Å²) < 4.78 is 5.08. The van der Waals surface area contributed by atoms with Crippen LogP contribution >= 0.6 is 24.8 Å². The Labute approximate surface area is 134 Å². The van der Waals surface area contributed by atoms with E-state index in [0.717, 1.165) is 58.5 Å². The highest BCUT2D eigenvalue weighted by atomic mass is 35.5. The SMILES string of the molecule is COCCN1CCC(NC(=O)C2CCCN2)CC1.Cl.Cl. The van der Waals surface area contributed by atoms with Gasteiger partial charge in [0.05, 0.1) is 12.6 Å². The van der Waals surface area contributed by atoms with Gasteiger partial charge in [-0.05, 0) is 32.2 Å². The van der Waals surface area contributed by atoms with Crippen molar-refractivity contribution in [3.05, 3.63) is 0 Å². The number of nitrogens with one attached hydrogen (secondary N) is 2. The Morgan fingerprint density at radius 1 is 1.30 bits per heavy atom. The van der Waals surface area contributed by atoms with Gasteiger partial charge in [0, 0.05) is 32.8 Å². The Balaban J connectivity index is 0.00000180. The molecule has 120 valence electrons. The van der Waals surface area contributed by atoms with Crippen LogP contribution in [0.4, 0.5) is 0 Å². The van der Waals surface area contributed by atoms with E-state index in [-0.39, 0.29) is 36.8 Å². The largest absolute Gasteiger partial charge is 0.383 e. The average molecular weight is 328 g/mol. The maximum Gasteiger partial charge on any atom is 0.237 e. The Hall–Kier alpha value is -0.0700. The first-order chi connectivity index (χ1) is 8.79. The maximum atomic E-state index is 12.0. The van der Waals surface area contributed by atoms with Gasteiger partial charge in [-0.15, -0.1) is 24.8 Å². The summed E-state index contributed by atoms with van der Waals surface area (Å²) in [5.74, 6) is 0.197. The number of ether oxygens (including phenoxy) is 1. The lowest BCUT2D eigenvalue weighted by atomic mass is 10.0. The van der Waals surface area contributed by atoms with Crippen LogP contribution in [-0.2, 0) is 9.53 Å². The van der Waals surface area contributed by atoms with Gasteiger partial charge in [0.25, 0.3) is 0 Å². The number of halogens is 2. The van der Waals surface area contributed by atoms with Gasteiger partial charge in [0.15, 0.2) is 0 Å². The van der Waals surface area contributed by atoms with Gasteiger partial charge in [0.2, 0.25) is 5.91 Å². The van der Waals surface area contributed by atoms with Crippen LogP contribution in [0.1, 0.15) is 25.7 Å². The van der Waals surface area contributed by atoms with Crippen LogP contribution in [0.2, 0.25) is 0 Å². The van der Waals surface area contributed by atoms with E-state index in [1.165, 1.54) is 0 Å². The highest BCUT2D eigenvalue weighted by Gasteiger charge is 2.26. The van der Waals surface area contributed by atoms with Crippen LogP contribution in [0.15, 0.2) is 0 Å². The molecular weight excluding hydrogens is 301 g/mol. The number of hydrogen-bond acceptors (Lipinski definition) is 4. The van der Waals surface area contributed by atoms with Crippen molar-refractivity contribution < 1.29 is 9.53 Å². The van der Waals surface area contributed by atoms with E-state index in [1.807, 2.05) is 0 Å². The highest BCUT2D eigenvalue weighted by Crippen LogP contribution is 2.11. The molecule has 2 saturated heterocycles. The van der Waals surface area contributed by atoms with Gasteiger partial charge in [-0.2, -0.15) is 0 Å². The first-order valence-electron chi connectivity index (χ1n) is 7.04. The number of piperidine rings is 1. The van der Waals surface area contributed by atoms with Crippen LogP contribution in [0.5, 0.6) is 0 Å². The Kier molecular flexibility index (Phi) is 10.6. The van der Waals surface area contributed by atoms with Crippen molar-refractivity contribution in [1.82, 2.24) is 15.5 Å². The van der Waals surface area contributed by atoms with Crippen molar-refractivity contribution in [2.45, 2.75) is 37.8 Å². The monoisotopic (exact) mass is 327 g/mol. The first-order valence-corrected chi connectivity index (χ1v) is 7.04. The molecule has 2 heterocycles. The van der Waals surface area contributed by atoms with Gasteiger partial charge < -0.3 is 20.3 Å². The Morgan fingerprint density at radius 2 is 2.00 bits per heavy atom. The zero-order valence-electron chi connectivity index (χ0n) is 12.1. The zero-order valence-corrected chi connectivity index (χ0v) is 13.7. The quantitative estimate of drug-likeness (QED) is 0.784. The third-order valence-electron chi connectivity index (χ3n) is 3.92. The molecule has 2 fully saturated rings. The predicted molar refractivity (Wildman–Crippen MR) is 85.0 cm³/mol. The number of nitrogens with zero attached hydrogens (tertiary/aromatic N) is 1. The molecule has 2 aliphatic heterocycles. The lowest BCUT2D eigenvalue weighted by molar-refractivity contribution is -0.123. The van der Waals surface area contributed by atoms with E-state index < -0.39 is 0 Å². The molecule has 0 spiro atoms. The molecule has 2 rings (SSSR count). The fourth-order valence-corrected chi connectivity index (χ4v) is 2.73. The number of hydrogen-bond donors (Lipinski definition) is 2. The van der Waals surface area contributed by atoms with Gasteiger partial charge >= 0.3 is 0 Å². The van der Waals surface area contributed by atoms with Crippen molar-refractivity contribution in [1.29, 1.82) is 0 Å². The molecule has 0 aliphatic carbocycles. The van der Waals surface area contributed by atoms with Crippen molar-refractivity contribution in [2.24, 2.45) is 0 Å². The fourth-order valence-electron chi connectivity index (χ4n) is 2.73. The third kappa shape index (κ3) is 6.14. The molecule has 0 aromatic rings. The van der Waals surface area contributed by atoms with E-state index in [9.17, 15) is 4.79 Å². The van der Waals surface area contributed by atoms with Gasteiger partial charge in [-0.25, -0.2) is 0 Å². The van der Waals surface area contributed by atoms with Crippen molar-refractivity contribution in [3.63, 3.8) is 0 Å². The Morgan fingerprint density at radius 3 is 2.55 bits per heavy atom. The summed E-state index contributed by atoms with van der Waals surface area (Å²) in [5, 5.41) is 6.42. The number of carbonyl (C=O) groups excluding carboxylic acids is 1. The van der Waals surface area contributed by atoms with Crippen LogP contribution in [0, 0.1) is 0 Å². The minimum Gasteiger partial charge on any atom is -0.383 e. The predicted octanol–water partition coefficient (Wildman–Crippen LogP) is 0.809. The van der Waals surface area contributed by atoms with Crippen molar-refractivity contribution >= 4 is 30.7 Å². The summed E-state index contributed by atoms with van der Waals surface area (Å²) in [7, 11) is 1.74. The summed E-state index contributed by atoms with van der Waals surface area (Å²) in [6.45, 7) is 4.90. The van der Waals surface area contributed by atoms with E-state index in [1.54, 1.807) is 7.11 Å². The van der Waals surface area contributed by atoms with E-state index >= 15 is 0 Å². The summed E-state index contributed by atoms with van der Waals surface area (Å²) >= 11 is 0. The van der Waals surface area contributed by atoms with E-state index in [4.69, 9.17) is 4.74 Å². The minimum absolute atomic E-state index is 0. The summed E-state index contributed by atoms with van der Waals surface area (Å²) in [6, 6.07) is 0.412. The second-order valence-corrected chi connectivity index (χ2v) is 5.27. The normalized spacial score (nSPS) is 23.8. The lowest BCUT2D eigenvalue weighted by Crippen LogP contribution is -2.49. The number of likely N-dealkylation sites (tertiary alicyclic amines) is 1. The molecule has 0 aromatic carbocycles. The summed E-state index contributed by atoms with van der Waals surface area (Å²) in [5.41, 5.74) is 0. The molecule has 5 nitrogen and oxygen atoms in total. The summed E-state index contributed by atoms with van der Waals surface area (Å²) in [4.78, 5) is 14.4. The molecule has 0 bridgehead atoms. The number of carbonyl (C=O) groups is 1. The Bertz CT molecular complexity index is 268. The molecule has 0 radical (unpaired) electrons. The average Bonchev–Trinajstić information content (AvgIpc) is 2.92. The molecule has 1 unspecified atom stereocenters. The number of methoxy groups -OCH3 is 1. The molecule has 7 heteroatoms. The fraction of sp³-hybridized carbons (Fsp3) is 0.923. The standard InChI is InChI=1S/C13H25N3O2.2ClH/c1-18-10-9-16-7-4-11(5-8-16)15-13(17)12-3-2-6-14-12;;/h11-12,14H,2-10H2,1H3,(H,15,17);2*1H. The van der Waals surface area contributed by atoms with E-state index in [2.05, 4.69) is 15.5 Å². The van der Waals surface area contributed by atoms with Crippen molar-refractivity contribution in [2.75, 3.05) is 39.9 Å². The molecular formula is C13H27Cl2N3O2. The lowest BCUT2D eigenvalue weighted by Gasteiger charge is -2.32. The van der Waals surface area contributed by atoms with Gasteiger partial charge in [0.1, 0.15) is 0 Å².